The molecule has 0 aliphatic carbocycles. The molecule has 1 heterocycles. The summed E-state index contributed by atoms with van der Waals surface area (Å²) in [4.78, 5) is 8.72. The molecule has 1 aromatic heterocycles. The second kappa shape index (κ2) is 5.31. The van der Waals surface area contributed by atoms with Gasteiger partial charge in [0.2, 0.25) is 0 Å². The second-order valence-corrected chi connectivity index (χ2v) is 4.69. The van der Waals surface area contributed by atoms with Crippen molar-refractivity contribution < 1.29 is 5.11 Å². The smallest absolute Gasteiger partial charge is 0.125 e. The minimum atomic E-state index is 0.106. The molecular formula is C16H11ClN2O. The molecular weight excluding hydrogens is 272 g/mol. The lowest BCUT2D eigenvalue weighted by molar-refractivity contribution is 0.474. The number of para-hydroxylation sites is 1. The van der Waals surface area contributed by atoms with Crippen LogP contribution in [0.25, 0.3) is 10.9 Å². The van der Waals surface area contributed by atoms with Crippen molar-refractivity contribution >= 4 is 34.4 Å². The van der Waals surface area contributed by atoms with Crippen molar-refractivity contribution in [2.45, 2.75) is 0 Å². The highest BCUT2D eigenvalue weighted by molar-refractivity contribution is 6.33. The molecule has 0 radical (unpaired) electrons. The van der Waals surface area contributed by atoms with Crippen LogP contribution in [-0.4, -0.2) is 16.3 Å². The summed E-state index contributed by atoms with van der Waals surface area (Å²) in [7, 11) is 0. The Morgan fingerprint density at radius 3 is 2.70 bits per heavy atom. The number of nitrogens with zero attached hydrogens (tertiary/aromatic N) is 2. The van der Waals surface area contributed by atoms with Crippen molar-refractivity contribution in [3.63, 3.8) is 0 Å². The van der Waals surface area contributed by atoms with E-state index in [1.54, 1.807) is 30.6 Å². The fourth-order valence-electron chi connectivity index (χ4n) is 1.98. The normalized spacial score (nSPS) is 11.2. The first-order valence-electron chi connectivity index (χ1n) is 6.11. The number of rotatable bonds is 2. The van der Waals surface area contributed by atoms with E-state index in [2.05, 4.69) is 9.98 Å². The van der Waals surface area contributed by atoms with Crippen molar-refractivity contribution in [2.75, 3.05) is 0 Å². The third-order valence-corrected chi connectivity index (χ3v) is 3.30. The first kappa shape index (κ1) is 12.6. The van der Waals surface area contributed by atoms with Crippen LogP contribution >= 0.6 is 11.6 Å². The van der Waals surface area contributed by atoms with E-state index in [1.165, 1.54) is 0 Å². The summed E-state index contributed by atoms with van der Waals surface area (Å²) in [5.74, 6) is 0.106. The number of aromatic hydroxyl groups is 1. The molecule has 0 saturated carbocycles. The molecule has 4 heteroatoms. The zero-order chi connectivity index (χ0) is 13.9. The van der Waals surface area contributed by atoms with Crippen LogP contribution in [0.5, 0.6) is 5.75 Å². The monoisotopic (exact) mass is 282 g/mol. The number of aromatic nitrogens is 1. The van der Waals surface area contributed by atoms with Gasteiger partial charge in [-0.15, -0.1) is 0 Å². The number of fused-ring (bicyclic) bond motifs is 1. The van der Waals surface area contributed by atoms with Gasteiger partial charge < -0.3 is 5.11 Å². The molecule has 0 spiro atoms. The number of phenols is 1. The molecule has 0 unspecified atom stereocenters. The number of benzene rings is 2. The molecule has 0 bridgehead atoms. The Balaban J connectivity index is 2.07. The molecule has 0 aliphatic heterocycles. The number of hydrogen-bond donors (Lipinski definition) is 1. The van der Waals surface area contributed by atoms with E-state index in [0.717, 1.165) is 16.6 Å². The van der Waals surface area contributed by atoms with E-state index in [0.29, 0.717) is 10.6 Å². The fraction of sp³-hybridized carbons (Fsp3) is 0. The van der Waals surface area contributed by atoms with Gasteiger partial charge in [-0.2, -0.15) is 0 Å². The molecule has 3 rings (SSSR count). The molecule has 20 heavy (non-hydrogen) atoms. The molecule has 0 saturated heterocycles. The Morgan fingerprint density at radius 1 is 1.05 bits per heavy atom. The van der Waals surface area contributed by atoms with Gasteiger partial charge in [-0.1, -0.05) is 35.9 Å². The first-order chi connectivity index (χ1) is 9.75. The standard InChI is InChI=1S/C16H11ClN2O/c17-13-6-2-8-15(20)12(13)10-19-14-7-1-4-11-5-3-9-18-16(11)14/h1-10,20H. The molecule has 2 aromatic carbocycles. The van der Waals surface area contributed by atoms with Crippen LogP contribution in [0.4, 0.5) is 5.69 Å². The van der Waals surface area contributed by atoms with E-state index in [-0.39, 0.29) is 5.75 Å². The maximum Gasteiger partial charge on any atom is 0.125 e. The summed E-state index contributed by atoms with van der Waals surface area (Å²) in [5.41, 5.74) is 2.06. The number of hydrogen-bond acceptors (Lipinski definition) is 3. The molecule has 1 N–H and O–H groups in total. The minimum absolute atomic E-state index is 0.106. The Bertz CT molecular complexity index is 774. The third-order valence-electron chi connectivity index (χ3n) is 2.97. The molecule has 0 fully saturated rings. The summed E-state index contributed by atoms with van der Waals surface area (Å²) >= 11 is 6.05. The van der Waals surface area contributed by atoms with E-state index < -0.39 is 0 Å². The number of aliphatic imine (C=N–C) groups is 1. The van der Waals surface area contributed by atoms with Crippen LogP contribution in [0.1, 0.15) is 5.56 Å². The van der Waals surface area contributed by atoms with Crippen LogP contribution in [-0.2, 0) is 0 Å². The average Bonchev–Trinajstić information content (AvgIpc) is 2.47. The van der Waals surface area contributed by atoms with E-state index in [9.17, 15) is 5.11 Å². The maximum absolute atomic E-state index is 9.79. The van der Waals surface area contributed by atoms with Gasteiger partial charge in [0.15, 0.2) is 0 Å². The van der Waals surface area contributed by atoms with Gasteiger partial charge >= 0.3 is 0 Å². The Labute approximate surface area is 121 Å². The Kier molecular flexibility index (Phi) is 3.35. The van der Waals surface area contributed by atoms with Crippen molar-refractivity contribution in [3.05, 3.63) is 65.3 Å². The number of halogens is 1. The fourth-order valence-corrected chi connectivity index (χ4v) is 2.20. The van der Waals surface area contributed by atoms with Crippen molar-refractivity contribution in [3.8, 4) is 5.75 Å². The minimum Gasteiger partial charge on any atom is -0.507 e. The summed E-state index contributed by atoms with van der Waals surface area (Å²) < 4.78 is 0. The quantitative estimate of drug-likeness (QED) is 0.711. The molecule has 0 aliphatic rings. The summed E-state index contributed by atoms with van der Waals surface area (Å²) in [6.45, 7) is 0. The largest absolute Gasteiger partial charge is 0.507 e. The van der Waals surface area contributed by atoms with Crippen molar-refractivity contribution in [1.29, 1.82) is 0 Å². The lowest BCUT2D eigenvalue weighted by Gasteiger charge is -2.02. The molecule has 3 nitrogen and oxygen atoms in total. The highest BCUT2D eigenvalue weighted by Crippen LogP contribution is 2.26. The van der Waals surface area contributed by atoms with Gasteiger partial charge in [0, 0.05) is 17.8 Å². The van der Waals surface area contributed by atoms with Crippen LogP contribution in [0.2, 0.25) is 5.02 Å². The van der Waals surface area contributed by atoms with Gasteiger partial charge in [-0.3, -0.25) is 9.98 Å². The predicted molar refractivity (Wildman–Crippen MR) is 82.1 cm³/mol. The second-order valence-electron chi connectivity index (χ2n) is 4.28. The van der Waals surface area contributed by atoms with E-state index in [1.807, 2.05) is 30.3 Å². The van der Waals surface area contributed by atoms with Gasteiger partial charge in [-0.25, -0.2) is 0 Å². The summed E-state index contributed by atoms with van der Waals surface area (Å²) in [6, 6.07) is 14.6. The van der Waals surface area contributed by atoms with E-state index >= 15 is 0 Å². The van der Waals surface area contributed by atoms with Gasteiger partial charge in [0.1, 0.15) is 5.75 Å². The molecule has 0 atom stereocenters. The van der Waals surface area contributed by atoms with Gasteiger partial charge in [0.05, 0.1) is 21.8 Å². The Morgan fingerprint density at radius 2 is 1.85 bits per heavy atom. The zero-order valence-electron chi connectivity index (χ0n) is 10.5. The van der Waals surface area contributed by atoms with Crippen LogP contribution in [0.3, 0.4) is 0 Å². The highest BCUT2D eigenvalue weighted by Gasteiger charge is 2.04. The highest BCUT2D eigenvalue weighted by atomic mass is 35.5. The van der Waals surface area contributed by atoms with Crippen LogP contribution < -0.4 is 0 Å². The lowest BCUT2D eigenvalue weighted by atomic mass is 10.2. The molecule has 0 amide bonds. The van der Waals surface area contributed by atoms with Crippen LogP contribution in [0.15, 0.2) is 59.7 Å². The third kappa shape index (κ3) is 2.36. The van der Waals surface area contributed by atoms with Gasteiger partial charge in [-0.05, 0) is 24.3 Å². The summed E-state index contributed by atoms with van der Waals surface area (Å²) in [6.07, 6.45) is 3.29. The van der Waals surface area contributed by atoms with Crippen molar-refractivity contribution in [1.82, 2.24) is 4.98 Å². The first-order valence-corrected chi connectivity index (χ1v) is 6.49. The number of phenolic OH excluding ortho intramolecular Hbond substituents is 1. The topological polar surface area (TPSA) is 45.5 Å². The lowest BCUT2D eigenvalue weighted by Crippen LogP contribution is -1.85. The zero-order valence-corrected chi connectivity index (χ0v) is 11.2. The summed E-state index contributed by atoms with van der Waals surface area (Å²) in [5, 5.41) is 11.3. The van der Waals surface area contributed by atoms with E-state index in [4.69, 9.17) is 11.6 Å². The molecule has 3 aromatic rings. The van der Waals surface area contributed by atoms with Crippen molar-refractivity contribution in [2.24, 2.45) is 4.99 Å². The maximum atomic E-state index is 9.79. The molecule has 98 valence electrons. The Hall–Kier alpha value is -2.39. The number of pyridine rings is 1. The van der Waals surface area contributed by atoms with Gasteiger partial charge in [0.25, 0.3) is 0 Å². The van der Waals surface area contributed by atoms with Crippen LogP contribution in [0, 0.1) is 0 Å². The average molecular weight is 283 g/mol. The predicted octanol–water partition coefficient (Wildman–Crippen LogP) is 4.34. The SMILES string of the molecule is Oc1cccc(Cl)c1C=Nc1cccc2cccnc12.